The fraction of sp³-hybridized carbons (Fsp3) is 0.711. The van der Waals surface area contributed by atoms with Crippen molar-refractivity contribution in [2.75, 3.05) is 26.4 Å². The Balaban J connectivity index is 0.000000233. The molecule has 0 bridgehead atoms. The number of carbonyl (C=O) groups excluding carboxylic acids is 2. The van der Waals surface area contributed by atoms with Gasteiger partial charge in [0, 0.05) is 0 Å². The maximum atomic E-state index is 14.2. The molecule has 4 aromatic rings. The molecular weight excluding hydrogens is 1320 g/mol. The third-order valence-corrected chi connectivity index (χ3v) is 28.4. The van der Waals surface area contributed by atoms with Crippen molar-refractivity contribution >= 4 is 58.0 Å². The van der Waals surface area contributed by atoms with Gasteiger partial charge in [0.25, 0.3) is 0 Å². The summed E-state index contributed by atoms with van der Waals surface area (Å²) < 4.78 is 22.2. The summed E-state index contributed by atoms with van der Waals surface area (Å²) in [6, 6.07) is 34.7. The molecule has 10 heteroatoms. The Labute approximate surface area is 628 Å². The lowest BCUT2D eigenvalue weighted by molar-refractivity contribution is -0.171. The van der Waals surface area contributed by atoms with Crippen LogP contribution < -0.4 is 18.9 Å². The Bertz CT molecular complexity index is 2750. The quantitative estimate of drug-likeness (QED) is 0.0325. The zero-order chi connectivity index (χ0) is 70.6. The molecule has 10 rings (SSSR count). The first kappa shape index (κ1) is 80.7. The number of halogens is 4. The van der Waals surface area contributed by atoms with Gasteiger partial charge in [-0.05, 0) is 223 Å². The Morgan fingerprint density at radius 2 is 0.420 bits per heavy atom. The third-order valence-electron chi connectivity index (χ3n) is 25.5. The lowest BCUT2D eigenvalue weighted by Crippen LogP contribution is -2.74. The smallest absolute Gasteiger partial charge is 0.151 e. The van der Waals surface area contributed by atoms with E-state index in [1.54, 1.807) is 0 Å². The zero-order valence-corrected chi connectivity index (χ0v) is 65.9. The minimum atomic E-state index is -0.979. The second-order valence-electron chi connectivity index (χ2n) is 32.1. The maximum absolute atomic E-state index is 14.2. The maximum Gasteiger partial charge on any atom is 0.151 e. The van der Waals surface area contributed by atoms with Gasteiger partial charge in [-0.25, -0.2) is 0 Å². The molecule has 556 valence electrons. The number of hydrogen-bond acceptors (Lipinski definition) is 6. The average molecular weight is 1450 g/mol. The fourth-order valence-electron chi connectivity index (χ4n) is 18.9. The highest BCUT2D eigenvalue weighted by atomic mass is 35.5. The SMILES string of the molecule is CCCCCCCCCCOc1ccc(C2CCC3(CC2)C(=O)C2(CCC(c4ccc(OCCCCCCCCCC)cc4)CC2)C3(Cl)Cl)cc1.CCCCCCCCCOc1ccc(C2CCC3(CC2)C(=O)C2(CCC(c4ccc(OCCCCCCCCC)cc4)CC2)C3(Cl)Cl)cc1. The predicted octanol–water partition coefficient (Wildman–Crippen LogP) is 28.2. The number of alkyl halides is 4. The van der Waals surface area contributed by atoms with E-state index in [2.05, 4.69) is 125 Å². The highest BCUT2D eigenvalue weighted by Crippen LogP contribution is 2.76. The van der Waals surface area contributed by atoms with Crippen LogP contribution >= 0.6 is 46.4 Å². The number of Topliss-reactive ketones (excluding diaryl/α,β-unsaturated/α-hetero) is 2. The van der Waals surface area contributed by atoms with Gasteiger partial charge in [0.2, 0.25) is 0 Å². The van der Waals surface area contributed by atoms with E-state index in [9.17, 15) is 9.59 Å². The molecule has 0 aliphatic heterocycles. The van der Waals surface area contributed by atoms with Crippen molar-refractivity contribution < 1.29 is 28.5 Å². The van der Waals surface area contributed by atoms with Crippen LogP contribution in [0.1, 0.15) is 369 Å². The molecule has 0 heterocycles. The summed E-state index contributed by atoms with van der Waals surface area (Å²) in [5, 5.41) is 0. The van der Waals surface area contributed by atoms with E-state index >= 15 is 0 Å². The first-order valence-electron chi connectivity index (χ1n) is 41.5. The normalized spacial score (nSPS) is 25.9. The molecule has 4 aromatic carbocycles. The predicted molar refractivity (Wildman–Crippen MR) is 422 cm³/mol. The van der Waals surface area contributed by atoms with E-state index in [4.69, 9.17) is 65.4 Å². The molecule has 0 unspecified atom stereocenters. The molecule has 0 atom stereocenters. The molecule has 6 aliphatic rings. The molecule has 0 radical (unpaired) electrons. The molecule has 6 saturated carbocycles. The fourth-order valence-corrected chi connectivity index (χ4v) is 21.1. The molecule has 100 heavy (non-hydrogen) atoms. The van der Waals surface area contributed by atoms with Crippen LogP contribution in [0.25, 0.3) is 0 Å². The zero-order valence-electron chi connectivity index (χ0n) is 62.9. The molecule has 6 nitrogen and oxygen atoms in total. The van der Waals surface area contributed by atoms with Crippen molar-refractivity contribution in [2.45, 2.75) is 355 Å². The summed E-state index contributed by atoms with van der Waals surface area (Å²) in [5.41, 5.74) is 2.99. The van der Waals surface area contributed by atoms with E-state index in [0.29, 0.717) is 35.2 Å². The van der Waals surface area contributed by atoms with E-state index in [0.717, 1.165) is 178 Å². The van der Waals surface area contributed by atoms with E-state index in [1.807, 2.05) is 0 Å². The second kappa shape index (κ2) is 40.9. The van der Waals surface area contributed by atoms with Gasteiger partial charge in [-0.3, -0.25) is 9.59 Å². The minimum Gasteiger partial charge on any atom is -0.494 e. The molecule has 4 spiro atoms. The standard InChI is InChI=1S/C46H68Cl2O3.C44H64Cl2O3/c1-3-5-7-9-11-13-15-17-35-50-41-23-19-37(20-24-41)39-27-31-44(32-28-39)43(49)45(46(44,47)48)33-29-40(30-34-45)38-21-25-42(26-22-38)51-36-18-16-14-12-10-8-6-4-2;1-3-5-7-9-11-13-15-33-48-39-21-17-35(18-22-39)37-25-29-42(30-26-37)41(47)43(44(42,45)46)31-27-38(28-32-43)36-19-23-40(24-20-36)49-34-16-14-12-10-8-6-4-2/h19-26,39-40H,3-18,27-36H2,1-2H3;17-24,37-38H,3-16,25-34H2,1-2H3. The number of hydrogen-bond donors (Lipinski definition) is 0. The van der Waals surface area contributed by atoms with Crippen molar-refractivity contribution in [1.82, 2.24) is 0 Å². The van der Waals surface area contributed by atoms with Gasteiger partial charge >= 0.3 is 0 Å². The Morgan fingerprint density at radius 1 is 0.260 bits per heavy atom. The summed E-state index contributed by atoms with van der Waals surface area (Å²) in [6.45, 7) is 12.2. The van der Waals surface area contributed by atoms with Crippen LogP contribution in [0.5, 0.6) is 23.0 Å². The molecule has 0 saturated heterocycles. The van der Waals surface area contributed by atoms with Crippen molar-refractivity contribution in [3.63, 3.8) is 0 Å². The average Bonchev–Trinajstić information content (AvgIpc) is 0.672. The minimum absolute atomic E-state index is 0.352. The number of carbonyl (C=O) groups is 2. The first-order chi connectivity index (χ1) is 48.7. The summed E-state index contributed by atoms with van der Waals surface area (Å²) in [4.78, 5) is 28.3. The summed E-state index contributed by atoms with van der Waals surface area (Å²) >= 11 is 29.3. The lowest BCUT2D eigenvalue weighted by atomic mass is 9.42. The van der Waals surface area contributed by atoms with Crippen LogP contribution in [0.4, 0.5) is 0 Å². The molecule has 0 amide bonds. The highest BCUT2D eigenvalue weighted by Gasteiger charge is 2.80. The third kappa shape index (κ3) is 20.2. The number of ketones is 2. The monoisotopic (exact) mass is 1450 g/mol. The van der Waals surface area contributed by atoms with Crippen LogP contribution in [-0.2, 0) is 9.59 Å². The molecule has 6 fully saturated rings. The van der Waals surface area contributed by atoms with E-state index < -0.39 is 30.3 Å². The first-order valence-corrected chi connectivity index (χ1v) is 43.0. The molecule has 0 aromatic heterocycles. The van der Waals surface area contributed by atoms with Crippen LogP contribution in [0, 0.1) is 21.7 Å². The number of benzene rings is 4. The largest absolute Gasteiger partial charge is 0.494 e. The van der Waals surface area contributed by atoms with Gasteiger partial charge in [-0.2, -0.15) is 0 Å². The highest BCUT2D eigenvalue weighted by molar-refractivity contribution is 6.55. The molecule has 6 aliphatic carbocycles. The molecule has 0 N–H and O–H groups in total. The Morgan fingerprint density at radius 3 is 0.580 bits per heavy atom. The van der Waals surface area contributed by atoms with Crippen LogP contribution in [0.2, 0.25) is 0 Å². The summed E-state index contributed by atoms with van der Waals surface area (Å²) in [5.74, 6) is 6.29. The van der Waals surface area contributed by atoms with Crippen LogP contribution in [-0.4, -0.2) is 46.7 Å². The van der Waals surface area contributed by atoms with Crippen molar-refractivity contribution in [3.05, 3.63) is 119 Å². The van der Waals surface area contributed by atoms with Gasteiger partial charge in [0.1, 0.15) is 31.7 Å². The van der Waals surface area contributed by atoms with Crippen molar-refractivity contribution in [1.29, 1.82) is 0 Å². The summed E-state index contributed by atoms with van der Waals surface area (Å²) in [6.07, 6.45) is 52.9. The second-order valence-corrected chi connectivity index (χ2v) is 34.7. The van der Waals surface area contributed by atoms with Crippen LogP contribution in [0.3, 0.4) is 0 Å². The number of rotatable bonds is 42. The number of ether oxygens (including phenoxy) is 4. The molecular formula is C90H132Cl4O6. The van der Waals surface area contributed by atoms with E-state index in [1.165, 1.54) is 189 Å². The van der Waals surface area contributed by atoms with Gasteiger partial charge in [0.15, 0.2) is 11.6 Å². The lowest BCUT2D eigenvalue weighted by Gasteiger charge is -2.67. The topological polar surface area (TPSA) is 71.1 Å². The van der Waals surface area contributed by atoms with Crippen molar-refractivity contribution in [2.24, 2.45) is 21.7 Å². The van der Waals surface area contributed by atoms with Gasteiger partial charge in [-0.15, -0.1) is 0 Å². The number of unbranched alkanes of at least 4 members (excludes halogenated alkanes) is 26. The Hall–Kier alpha value is -3.42. The van der Waals surface area contributed by atoms with Crippen molar-refractivity contribution in [3.8, 4) is 23.0 Å². The summed E-state index contributed by atoms with van der Waals surface area (Å²) in [7, 11) is 0. The van der Waals surface area contributed by atoms with Gasteiger partial charge in [-0.1, -0.05) is 290 Å². The Kier molecular flexibility index (Phi) is 33.0. The van der Waals surface area contributed by atoms with Gasteiger partial charge in [0.05, 0.1) is 48.1 Å². The van der Waals surface area contributed by atoms with E-state index in [-0.39, 0.29) is 0 Å². The van der Waals surface area contributed by atoms with Gasteiger partial charge < -0.3 is 18.9 Å². The van der Waals surface area contributed by atoms with Crippen LogP contribution in [0.15, 0.2) is 97.1 Å².